The summed E-state index contributed by atoms with van der Waals surface area (Å²) >= 11 is 0. The fourth-order valence-corrected chi connectivity index (χ4v) is 2.46. The highest BCUT2D eigenvalue weighted by atomic mass is 16.1. The van der Waals surface area contributed by atoms with Crippen molar-refractivity contribution < 1.29 is 4.79 Å². The molecule has 0 saturated heterocycles. The number of aromatic nitrogens is 2. The zero-order valence-electron chi connectivity index (χ0n) is 10.7. The lowest BCUT2D eigenvalue weighted by Crippen LogP contribution is -2.26. The summed E-state index contributed by atoms with van der Waals surface area (Å²) in [5, 5.41) is 11.1. The van der Waals surface area contributed by atoms with E-state index in [1.165, 1.54) is 32.1 Å². The summed E-state index contributed by atoms with van der Waals surface area (Å²) < 4.78 is 0. The third-order valence-electron chi connectivity index (χ3n) is 3.69. The maximum Gasteiger partial charge on any atom is 0.269 e. The van der Waals surface area contributed by atoms with Gasteiger partial charge in [-0.15, -0.1) is 10.2 Å². The van der Waals surface area contributed by atoms with Crippen molar-refractivity contribution in [3.8, 4) is 0 Å². The van der Waals surface area contributed by atoms with Gasteiger partial charge in [-0.05, 0) is 43.7 Å². The molecule has 18 heavy (non-hydrogen) atoms. The van der Waals surface area contributed by atoms with Gasteiger partial charge in [0.1, 0.15) is 5.82 Å². The van der Waals surface area contributed by atoms with E-state index in [0.29, 0.717) is 6.04 Å². The van der Waals surface area contributed by atoms with Crippen LogP contribution >= 0.6 is 0 Å². The third kappa shape index (κ3) is 3.18. The zero-order chi connectivity index (χ0) is 13.0. The van der Waals surface area contributed by atoms with Crippen LogP contribution < -0.4 is 11.1 Å². The number of carbonyl (C=O) groups is 1. The Hall–Kier alpha value is -1.65. The van der Waals surface area contributed by atoms with E-state index in [2.05, 4.69) is 22.4 Å². The molecule has 3 N–H and O–H groups in total. The molecule has 1 fully saturated rings. The molecule has 0 radical (unpaired) electrons. The number of nitrogens with two attached hydrogens (primary N) is 1. The Bertz CT molecular complexity index is 396. The summed E-state index contributed by atoms with van der Waals surface area (Å²) in [6.07, 6.45) is 6.19. The second kappa shape index (κ2) is 5.80. The highest BCUT2D eigenvalue weighted by Gasteiger charge is 2.20. The molecule has 1 aromatic heterocycles. The Balaban J connectivity index is 1.88. The van der Waals surface area contributed by atoms with Gasteiger partial charge in [0.15, 0.2) is 5.69 Å². The van der Waals surface area contributed by atoms with Crippen molar-refractivity contribution in [2.24, 2.45) is 11.7 Å². The van der Waals surface area contributed by atoms with E-state index in [4.69, 9.17) is 5.73 Å². The lowest BCUT2D eigenvalue weighted by Gasteiger charge is -2.28. The number of anilines is 1. The van der Waals surface area contributed by atoms with Gasteiger partial charge in [-0.1, -0.05) is 13.3 Å². The van der Waals surface area contributed by atoms with Crippen molar-refractivity contribution >= 4 is 11.7 Å². The molecule has 1 amide bonds. The monoisotopic (exact) mass is 248 g/mol. The van der Waals surface area contributed by atoms with Crippen LogP contribution in [0, 0.1) is 5.92 Å². The van der Waals surface area contributed by atoms with Gasteiger partial charge < -0.3 is 11.1 Å². The first kappa shape index (κ1) is 12.8. The number of primary amides is 1. The Morgan fingerprint density at radius 3 is 2.56 bits per heavy atom. The summed E-state index contributed by atoms with van der Waals surface area (Å²) in [6.45, 7) is 2.26. The quantitative estimate of drug-likeness (QED) is 0.853. The van der Waals surface area contributed by atoms with Crippen molar-refractivity contribution in [1.29, 1.82) is 0 Å². The standard InChI is InChI=1S/C13H20N4O/c1-2-9-3-5-10(6-4-9)15-12-8-7-11(13(14)18)16-17-12/h7-10H,2-6H2,1H3,(H2,14,18)(H,15,17). The van der Waals surface area contributed by atoms with E-state index < -0.39 is 5.91 Å². The lowest BCUT2D eigenvalue weighted by molar-refractivity contribution is 0.0994. The van der Waals surface area contributed by atoms with Gasteiger partial charge in [0.05, 0.1) is 0 Å². The lowest BCUT2D eigenvalue weighted by atomic mass is 9.84. The van der Waals surface area contributed by atoms with Crippen molar-refractivity contribution in [2.75, 3.05) is 5.32 Å². The van der Waals surface area contributed by atoms with E-state index in [1.54, 1.807) is 12.1 Å². The van der Waals surface area contributed by atoms with Crippen molar-refractivity contribution in [3.05, 3.63) is 17.8 Å². The van der Waals surface area contributed by atoms with Crippen LogP contribution in [-0.4, -0.2) is 22.1 Å². The predicted molar refractivity (Wildman–Crippen MR) is 70.2 cm³/mol. The van der Waals surface area contributed by atoms with Gasteiger partial charge in [0, 0.05) is 6.04 Å². The van der Waals surface area contributed by atoms with Gasteiger partial charge in [-0.25, -0.2) is 0 Å². The Labute approximate surface area is 107 Å². The van der Waals surface area contributed by atoms with Crippen LogP contribution in [0.2, 0.25) is 0 Å². The fourth-order valence-electron chi connectivity index (χ4n) is 2.46. The molecule has 0 spiro atoms. The second-order valence-corrected chi connectivity index (χ2v) is 4.94. The van der Waals surface area contributed by atoms with Crippen molar-refractivity contribution in [2.45, 2.75) is 45.1 Å². The molecule has 1 aliphatic rings. The van der Waals surface area contributed by atoms with Crippen LogP contribution in [0.5, 0.6) is 0 Å². The predicted octanol–water partition coefficient (Wildman–Crippen LogP) is 1.96. The number of nitrogens with one attached hydrogen (secondary N) is 1. The fraction of sp³-hybridized carbons (Fsp3) is 0.615. The highest BCUT2D eigenvalue weighted by Crippen LogP contribution is 2.27. The first-order valence-corrected chi connectivity index (χ1v) is 6.59. The molecule has 1 heterocycles. The normalized spacial score (nSPS) is 23.6. The number of nitrogens with zero attached hydrogens (tertiary/aromatic N) is 2. The highest BCUT2D eigenvalue weighted by molar-refractivity contribution is 5.90. The van der Waals surface area contributed by atoms with E-state index in [0.717, 1.165) is 11.7 Å². The molecule has 0 aliphatic heterocycles. The van der Waals surface area contributed by atoms with Crippen LogP contribution in [0.15, 0.2) is 12.1 Å². The molecule has 2 rings (SSSR count). The topological polar surface area (TPSA) is 80.9 Å². The third-order valence-corrected chi connectivity index (χ3v) is 3.69. The van der Waals surface area contributed by atoms with Crippen LogP contribution in [0.3, 0.4) is 0 Å². The minimum absolute atomic E-state index is 0.204. The summed E-state index contributed by atoms with van der Waals surface area (Å²) in [6, 6.07) is 3.84. The number of amides is 1. The molecule has 1 aliphatic carbocycles. The summed E-state index contributed by atoms with van der Waals surface area (Å²) in [5.41, 5.74) is 5.32. The minimum atomic E-state index is -0.544. The first-order valence-electron chi connectivity index (χ1n) is 6.59. The molecule has 0 atom stereocenters. The maximum absolute atomic E-state index is 10.9. The molecule has 1 saturated carbocycles. The zero-order valence-corrected chi connectivity index (χ0v) is 10.7. The number of carbonyl (C=O) groups excluding carboxylic acids is 1. The second-order valence-electron chi connectivity index (χ2n) is 4.94. The van der Waals surface area contributed by atoms with Gasteiger partial charge in [-0.2, -0.15) is 0 Å². The van der Waals surface area contributed by atoms with E-state index in [-0.39, 0.29) is 5.69 Å². The molecule has 0 aromatic carbocycles. The SMILES string of the molecule is CCC1CCC(Nc2ccc(C(N)=O)nn2)CC1. The summed E-state index contributed by atoms with van der Waals surface area (Å²) in [7, 11) is 0. The van der Waals surface area contributed by atoms with Gasteiger partial charge >= 0.3 is 0 Å². The van der Waals surface area contributed by atoms with Crippen LogP contribution in [-0.2, 0) is 0 Å². The van der Waals surface area contributed by atoms with Gasteiger partial charge in [0.2, 0.25) is 0 Å². The maximum atomic E-state index is 10.9. The number of hydrogen-bond donors (Lipinski definition) is 2. The average molecular weight is 248 g/mol. The Morgan fingerprint density at radius 2 is 2.06 bits per heavy atom. The molecular weight excluding hydrogens is 228 g/mol. The van der Waals surface area contributed by atoms with E-state index in [9.17, 15) is 4.79 Å². The van der Waals surface area contributed by atoms with E-state index >= 15 is 0 Å². The Morgan fingerprint density at radius 1 is 1.33 bits per heavy atom. The molecule has 5 nitrogen and oxygen atoms in total. The molecule has 5 heteroatoms. The summed E-state index contributed by atoms with van der Waals surface area (Å²) in [5.74, 6) is 1.06. The van der Waals surface area contributed by atoms with Crippen LogP contribution in [0.25, 0.3) is 0 Å². The van der Waals surface area contributed by atoms with Crippen LogP contribution in [0.1, 0.15) is 49.5 Å². The summed E-state index contributed by atoms with van der Waals surface area (Å²) in [4.78, 5) is 10.9. The number of rotatable bonds is 4. The van der Waals surface area contributed by atoms with Crippen molar-refractivity contribution in [1.82, 2.24) is 10.2 Å². The molecule has 1 aromatic rings. The first-order chi connectivity index (χ1) is 8.69. The average Bonchev–Trinajstić information content (AvgIpc) is 2.40. The molecule has 0 bridgehead atoms. The smallest absolute Gasteiger partial charge is 0.269 e. The Kier molecular flexibility index (Phi) is 4.12. The molecular formula is C13H20N4O. The minimum Gasteiger partial charge on any atom is -0.366 e. The van der Waals surface area contributed by atoms with Crippen molar-refractivity contribution in [3.63, 3.8) is 0 Å². The molecule has 98 valence electrons. The molecule has 0 unspecified atom stereocenters. The van der Waals surface area contributed by atoms with Gasteiger partial charge in [0.25, 0.3) is 5.91 Å². The van der Waals surface area contributed by atoms with E-state index in [1.807, 2.05) is 0 Å². The van der Waals surface area contributed by atoms with Crippen LogP contribution in [0.4, 0.5) is 5.82 Å². The van der Waals surface area contributed by atoms with Gasteiger partial charge in [-0.3, -0.25) is 4.79 Å². The largest absolute Gasteiger partial charge is 0.366 e. The number of hydrogen-bond acceptors (Lipinski definition) is 4.